The minimum absolute atomic E-state index is 0.188. The second kappa shape index (κ2) is 5.80. The summed E-state index contributed by atoms with van der Waals surface area (Å²) in [6.45, 7) is 2.38. The first-order valence-corrected chi connectivity index (χ1v) is 7.84. The van der Waals surface area contributed by atoms with Crippen LogP contribution in [0.2, 0.25) is 0 Å². The van der Waals surface area contributed by atoms with E-state index in [-0.39, 0.29) is 12.5 Å². The summed E-state index contributed by atoms with van der Waals surface area (Å²) in [6.07, 6.45) is 5.92. The summed E-state index contributed by atoms with van der Waals surface area (Å²) in [7, 11) is 0. The van der Waals surface area contributed by atoms with E-state index in [0.29, 0.717) is 16.5 Å². The fourth-order valence-corrected chi connectivity index (χ4v) is 4.27. The SMILES string of the molecule is CC(CCO)SC1CCC(NC2CC2)(C(N)=O)C1. The second-order valence-corrected chi connectivity index (χ2v) is 7.43. The van der Waals surface area contributed by atoms with Crippen LogP contribution in [-0.4, -0.2) is 39.7 Å². The van der Waals surface area contributed by atoms with Crippen LogP contribution in [0.5, 0.6) is 0 Å². The average Bonchev–Trinajstić information content (AvgIpc) is 3.00. The highest BCUT2D eigenvalue weighted by atomic mass is 32.2. The van der Waals surface area contributed by atoms with Gasteiger partial charge < -0.3 is 16.2 Å². The molecule has 0 bridgehead atoms. The molecule has 1 amide bonds. The average molecular weight is 272 g/mol. The Hall–Kier alpha value is -0.260. The number of nitrogens with one attached hydrogen (secondary N) is 1. The Balaban J connectivity index is 1.88. The number of nitrogens with two attached hydrogens (primary N) is 1. The van der Waals surface area contributed by atoms with Gasteiger partial charge in [-0.3, -0.25) is 4.79 Å². The van der Waals surface area contributed by atoms with Crippen LogP contribution in [0.4, 0.5) is 0 Å². The number of aliphatic hydroxyl groups is 1. The topological polar surface area (TPSA) is 75.3 Å². The number of carbonyl (C=O) groups is 1. The molecule has 2 rings (SSSR count). The monoisotopic (exact) mass is 272 g/mol. The van der Waals surface area contributed by atoms with Crippen molar-refractivity contribution in [2.45, 2.75) is 67.5 Å². The van der Waals surface area contributed by atoms with Crippen molar-refractivity contribution in [2.24, 2.45) is 5.73 Å². The first-order valence-electron chi connectivity index (χ1n) is 6.89. The van der Waals surface area contributed by atoms with Gasteiger partial charge in [0, 0.05) is 23.1 Å². The van der Waals surface area contributed by atoms with Gasteiger partial charge in [0.25, 0.3) is 0 Å². The minimum Gasteiger partial charge on any atom is -0.396 e. The van der Waals surface area contributed by atoms with Crippen LogP contribution >= 0.6 is 11.8 Å². The molecule has 4 nitrogen and oxygen atoms in total. The van der Waals surface area contributed by atoms with Gasteiger partial charge in [-0.1, -0.05) is 6.92 Å². The Bertz CT molecular complexity index is 309. The number of rotatable bonds is 7. The molecule has 18 heavy (non-hydrogen) atoms. The van der Waals surface area contributed by atoms with Crippen LogP contribution in [-0.2, 0) is 4.79 Å². The molecule has 2 fully saturated rings. The van der Waals surface area contributed by atoms with E-state index in [1.165, 1.54) is 12.8 Å². The number of thioether (sulfide) groups is 1. The quantitative estimate of drug-likeness (QED) is 0.647. The van der Waals surface area contributed by atoms with E-state index in [1.54, 1.807) is 0 Å². The van der Waals surface area contributed by atoms with Crippen LogP contribution in [0.3, 0.4) is 0 Å². The van der Waals surface area contributed by atoms with Crippen LogP contribution < -0.4 is 11.1 Å². The van der Waals surface area contributed by atoms with E-state index in [2.05, 4.69) is 12.2 Å². The van der Waals surface area contributed by atoms with Crippen LogP contribution in [0, 0.1) is 0 Å². The Kier molecular flexibility index (Phi) is 4.56. The Morgan fingerprint density at radius 2 is 2.28 bits per heavy atom. The van der Waals surface area contributed by atoms with E-state index >= 15 is 0 Å². The van der Waals surface area contributed by atoms with Crippen molar-refractivity contribution in [3.05, 3.63) is 0 Å². The van der Waals surface area contributed by atoms with Gasteiger partial charge in [0.2, 0.25) is 5.91 Å². The van der Waals surface area contributed by atoms with Gasteiger partial charge in [0.15, 0.2) is 0 Å². The molecule has 5 heteroatoms. The van der Waals surface area contributed by atoms with E-state index in [0.717, 1.165) is 25.7 Å². The van der Waals surface area contributed by atoms with Crippen molar-refractivity contribution in [3.63, 3.8) is 0 Å². The maximum atomic E-state index is 11.8. The molecule has 0 radical (unpaired) electrons. The lowest BCUT2D eigenvalue weighted by atomic mass is 9.96. The summed E-state index contributed by atoms with van der Waals surface area (Å²) in [5.74, 6) is -0.188. The normalized spacial score (nSPS) is 33.6. The molecule has 0 aliphatic heterocycles. The third-order valence-corrected chi connectivity index (χ3v) is 5.45. The van der Waals surface area contributed by atoms with Crippen LogP contribution in [0.1, 0.15) is 45.4 Å². The lowest BCUT2D eigenvalue weighted by Gasteiger charge is -2.27. The molecule has 2 saturated carbocycles. The predicted octanol–water partition coefficient (Wildman–Crippen LogP) is 1.02. The number of carbonyl (C=O) groups excluding carboxylic acids is 1. The van der Waals surface area contributed by atoms with Crippen molar-refractivity contribution < 1.29 is 9.90 Å². The summed E-state index contributed by atoms with van der Waals surface area (Å²) in [5, 5.41) is 13.3. The predicted molar refractivity (Wildman–Crippen MR) is 74.5 cm³/mol. The van der Waals surface area contributed by atoms with Crippen molar-refractivity contribution in [1.29, 1.82) is 0 Å². The molecule has 2 aliphatic carbocycles. The molecule has 0 heterocycles. The van der Waals surface area contributed by atoms with Gasteiger partial charge in [0.05, 0.1) is 5.54 Å². The summed E-state index contributed by atoms with van der Waals surface area (Å²) in [5.41, 5.74) is 5.15. The van der Waals surface area contributed by atoms with E-state index in [9.17, 15) is 4.79 Å². The minimum atomic E-state index is -0.461. The Morgan fingerprint density at radius 3 is 2.83 bits per heavy atom. The zero-order valence-electron chi connectivity index (χ0n) is 11.0. The van der Waals surface area contributed by atoms with Crippen LogP contribution in [0.15, 0.2) is 0 Å². The van der Waals surface area contributed by atoms with Crippen LogP contribution in [0.25, 0.3) is 0 Å². The van der Waals surface area contributed by atoms with Gasteiger partial charge >= 0.3 is 0 Å². The fourth-order valence-electron chi connectivity index (χ4n) is 2.74. The molecule has 0 aromatic heterocycles. The number of hydrogen-bond donors (Lipinski definition) is 3. The standard InChI is InChI=1S/C13H24N2O2S/c1-9(5-7-16)18-11-4-6-13(8-11,12(14)17)15-10-2-3-10/h9-11,15-16H,2-8H2,1H3,(H2,14,17). The first-order chi connectivity index (χ1) is 8.55. The molecular formula is C13H24N2O2S. The molecule has 3 unspecified atom stereocenters. The fraction of sp³-hybridized carbons (Fsp3) is 0.923. The Labute approximate surface area is 113 Å². The number of amides is 1. The third kappa shape index (κ3) is 3.39. The zero-order valence-corrected chi connectivity index (χ0v) is 11.8. The van der Waals surface area contributed by atoms with E-state index in [1.807, 2.05) is 11.8 Å². The maximum Gasteiger partial charge on any atom is 0.237 e. The third-order valence-electron chi connectivity index (χ3n) is 3.96. The molecule has 104 valence electrons. The van der Waals surface area contributed by atoms with Gasteiger partial charge in [-0.2, -0.15) is 11.8 Å². The smallest absolute Gasteiger partial charge is 0.237 e. The molecular weight excluding hydrogens is 248 g/mol. The van der Waals surface area contributed by atoms with E-state index < -0.39 is 5.54 Å². The highest BCUT2D eigenvalue weighted by Gasteiger charge is 2.46. The first kappa shape index (κ1) is 14.2. The molecule has 0 aromatic carbocycles. The van der Waals surface area contributed by atoms with Gasteiger partial charge in [-0.15, -0.1) is 0 Å². The summed E-state index contributed by atoms with van der Waals surface area (Å²) >= 11 is 1.89. The molecule has 0 spiro atoms. The number of aliphatic hydroxyl groups excluding tert-OH is 1. The molecule has 0 aromatic rings. The molecule has 0 saturated heterocycles. The van der Waals surface area contributed by atoms with Gasteiger partial charge in [0.1, 0.15) is 0 Å². The molecule has 3 atom stereocenters. The Morgan fingerprint density at radius 1 is 1.56 bits per heavy atom. The zero-order chi connectivity index (χ0) is 13.2. The summed E-state index contributed by atoms with van der Waals surface area (Å²) < 4.78 is 0. The molecule has 4 N–H and O–H groups in total. The molecule has 2 aliphatic rings. The van der Waals surface area contributed by atoms with Crippen molar-refractivity contribution in [1.82, 2.24) is 5.32 Å². The summed E-state index contributed by atoms with van der Waals surface area (Å²) in [4.78, 5) is 11.8. The number of hydrogen-bond acceptors (Lipinski definition) is 4. The number of primary amides is 1. The highest BCUT2D eigenvalue weighted by molar-refractivity contribution is 8.00. The van der Waals surface area contributed by atoms with Gasteiger partial charge in [-0.05, 0) is 38.5 Å². The van der Waals surface area contributed by atoms with Crippen molar-refractivity contribution >= 4 is 17.7 Å². The van der Waals surface area contributed by atoms with Gasteiger partial charge in [-0.25, -0.2) is 0 Å². The van der Waals surface area contributed by atoms with Crippen molar-refractivity contribution in [3.8, 4) is 0 Å². The van der Waals surface area contributed by atoms with Crippen molar-refractivity contribution in [2.75, 3.05) is 6.61 Å². The lowest BCUT2D eigenvalue weighted by Crippen LogP contribution is -2.54. The second-order valence-electron chi connectivity index (χ2n) is 5.69. The summed E-state index contributed by atoms with van der Waals surface area (Å²) in [6, 6.07) is 0.510. The highest BCUT2D eigenvalue weighted by Crippen LogP contribution is 2.40. The maximum absolute atomic E-state index is 11.8. The largest absolute Gasteiger partial charge is 0.396 e. The van der Waals surface area contributed by atoms with E-state index in [4.69, 9.17) is 10.8 Å². The lowest BCUT2D eigenvalue weighted by molar-refractivity contribution is -0.124.